The van der Waals surface area contributed by atoms with Crippen LogP contribution in [0.3, 0.4) is 0 Å². The maximum absolute atomic E-state index is 3.71. The predicted octanol–water partition coefficient (Wildman–Crippen LogP) is 2.81. The smallest absolute Gasteiger partial charge is 0.0401 e. The lowest BCUT2D eigenvalue weighted by Gasteiger charge is -2.31. The normalized spacial score (nSPS) is 18.7. The summed E-state index contributed by atoms with van der Waals surface area (Å²) in [6, 6.07) is 7.15. The van der Waals surface area contributed by atoms with E-state index in [0.717, 1.165) is 0 Å². The Labute approximate surface area is 98.7 Å². The van der Waals surface area contributed by atoms with Crippen LogP contribution in [0.2, 0.25) is 0 Å². The molecule has 0 aliphatic carbocycles. The molecule has 88 valence electrons. The largest absolute Gasteiger partial charge is 0.382 e. The van der Waals surface area contributed by atoms with Gasteiger partial charge in [-0.1, -0.05) is 18.2 Å². The highest BCUT2D eigenvalue weighted by Crippen LogP contribution is 2.23. The molecule has 1 heterocycles. The Morgan fingerprint density at radius 3 is 2.25 bits per heavy atom. The molecule has 2 rings (SSSR count). The molecule has 1 saturated heterocycles. The molecule has 1 fully saturated rings. The number of benzene rings is 1. The summed E-state index contributed by atoms with van der Waals surface area (Å²) in [4.78, 5) is 2.41. The molecule has 1 aromatic rings. The van der Waals surface area contributed by atoms with Crippen LogP contribution in [0.25, 0.3) is 0 Å². The lowest BCUT2D eigenvalue weighted by molar-refractivity contribution is 0.264. The first-order valence-corrected chi connectivity index (χ1v) is 6.18. The van der Waals surface area contributed by atoms with Crippen molar-refractivity contribution >= 4 is 5.69 Å². The van der Waals surface area contributed by atoms with Crippen LogP contribution in [0.15, 0.2) is 18.2 Å². The third kappa shape index (κ3) is 2.56. The Balaban J connectivity index is 2.04. The minimum atomic E-state index is 0.649. The van der Waals surface area contributed by atoms with E-state index in [2.05, 4.69) is 49.3 Å². The van der Waals surface area contributed by atoms with Crippen molar-refractivity contribution in [2.24, 2.45) is 0 Å². The van der Waals surface area contributed by atoms with Crippen molar-refractivity contribution in [2.75, 3.05) is 25.5 Å². The molecular weight excluding hydrogens is 196 g/mol. The third-order valence-electron chi connectivity index (χ3n) is 3.55. The Bertz CT molecular complexity index is 332. The molecule has 2 nitrogen and oxygen atoms in total. The van der Waals surface area contributed by atoms with E-state index in [1.54, 1.807) is 0 Å². The molecule has 0 saturated carbocycles. The Morgan fingerprint density at radius 2 is 1.69 bits per heavy atom. The van der Waals surface area contributed by atoms with Gasteiger partial charge in [0.25, 0.3) is 0 Å². The summed E-state index contributed by atoms with van der Waals surface area (Å²) in [5.74, 6) is 0. The first-order valence-electron chi connectivity index (χ1n) is 6.18. The van der Waals surface area contributed by atoms with Gasteiger partial charge in [-0.2, -0.15) is 0 Å². The zero-order chi connectivity index (χ0) is 11.5. The molecule has 0 radical (unpaired) electrons. The number of para-hydroxylation sites is 1. The highest BCUT2D eigenvalue weighted by molar-refractivity contribution is 5.57. The number of nitrogens with zero attached hydrogens (tertiary/aromatic N) is 1. The van der Waals surface area contributed by atoms with Gasteiger partial charge in [-0.05, 0) is 58.0 Å². The van der Waals surface area contributed by atoms with Gasteiger partial charge in [-0.25, -0.2) is 0 Å². The van der Waals surface area contributed by atoms with Crippen molar-refractivity contribution in [2.45, 2.75) is 32.7 Å². The number of rotatable bonds is 2. The maximum atomic E-state index is 3.71. The molecule has 1 aromatic carbocycles. The van der Waals surface area contributed by atoms with E-state index in [4.69, 9.17) is 0 Å². The van der Waals surface area contributed by atoms with Crippen molar-refractivity contribution in [3.63, 3.8) is 0 Å². The number of nitrogens with one attached hydrogen (secondary N) is 1. The van der Waals surface area contributed by atoms with Gasteiger partial charge in [0, 0.05) is 11.7 Å². The van der Waals surface area contributed by atoms with Crippen LogP contribution in [0.4, 0.5) is 5.69 Å². The summed E-state index contributed by atoms with van der Waals surface area (Å²) in [5, 5.41) is 3.71. The average Bonchev–Trinajstić information content (AvgIpc) is 2.26. The van der Waals surface area contributed by atoms with E-state index >= 15 is 0 Å². The number of piperidine rings is 1. The van der Waals surface area contributed by atoms with Gasteiger partial charge in [-0.15, -0.1) is 0 Å². The maximum Gasteiger partial charge on any atom is 0.0401 e. The van der Waals surface area contributed by atoms with Crippen molar-refractivity contribution < 1.29 is 0 Å². The Hall–Kier alpha value is -1.02. The molecular formula is C14H22N2. The summed E-state index contributed by atoms with van der Waals surface area (Å²) >= 11 is 0. The highest BCUT2D eigenvalue weighted by Gasteiger charge is 2.17. The molecule has 0 atom stereocenters. The SMILES string of the molecule is Cc1cccc(C)c1NC1CCN(C)CC1. The van der Waals surface area contributed by atoms with Gasteiger partial charge in [0.05, 0.1) is 0 Å². The molecule has 16 heavy (non-hydrogen) atoms. The van der Waals surface area contributed by atoms with Crippen molar-refractivity contribution in [3.05, 3.63) is 29.3 Å². The zero-order valence-electron chi connectivity index (χ0n) is 10.6. The second-order valence-corrected chi connectivity index (χ2v) is 4.99. The lowest BCUT2D eigenvalue weighted by atomic mass is 10.0. The van der Waals surface area contributed by atoms with Gasteiger partial charge in [0.15, 0.2) is 0 Å². The lowest BCUT2D eigenvalue weighted by Crippen LogP contribution is -2.36. The number of hydrogen-bond donors (Lipinski definition) is 1. The number of hydrogen-bond acceptors (Lipinski definition) is 2. The molecule has 2 heteroatoms. The van der Waals surface area contributed by atoms with Crippen LogP contribution in [0.1, 0.15) is 24.0 Å². The summed E-state index contributed by atoms with van der Waals surface area (Å²) < 4.78 is 0. The molecule has 0 spiro atoms. The van der Waals surface area contributed by atoms with E-state index in [0.29, 0.717) is 6.04 Å². The highest BCUT2D eigenvalue weighted by atomic mass is 15.1. The minimum absolute atomic E-state index is 0.649. The van der Waals surface area contributed by atoms with Crippen molar-refractivity contribution in [3.8, 4) is 0 Å². The van der Waals surface area contributed by atoms with Crippen LogP contribution < -0.4 is 5.32 Å². The molecule has 0 unspecified atom stereocenters. The number of anilines is 1. The van der Waals surface area contributed by atoms with E-state index < -0.39 is 0 Å². The second-order valence-electron chi connectivity index (χ2n) is 4.99. The molecule has 1 aliphatic heterocycles. The van der Waals surface area contributed by atoms with E-state index in [-0.39, 0.29) is 0 Å². The van der Waals surface area contributed by atoms with Gasteiger partial charge in [-0.3, -0.25) is 0 Å². The third-order valence-corrected chi connectivity index (χ3v) is 3.55. The average molecular weight is 218 g/mol. The van der Waals surface area contributed by atoms with Crippen LogP contribution in [-0.4, -0.2) is 31.1 Å². The van der Waals surface area contributed by atoms with Crippen LogP contribution in [0, 0.1) is 13.8 Å². The van der Waals surface area contributed by atoms with Gasteiger partial charge in [0.1, 0.15) is 0 Å². The molecule has 1 N–H and O–H groups in total. The monoisotopic (exact) mass is 218 g/mol. The standard InChI is InChI=1S/C14H22N2/c1-11-5-4-6-12(2)14(11)15-13-7-9-16(3)10-8-13/h4-6,13,15H,7-10H2,1-3H3. The van der Waals surface area contributed by atoms with Gasteiger partial charge in [0.2, 0.25) is 0 Å². The predicted molar refractivity (Wildman–Crippen MR) is 70.1 cm³/mol. The fourth-order valence-corrected chi connectivity index (χ4v) is 2.40. The number of aryl methyl sites for hydroxylation is 2. The fourth-order valence-electron chi connectivity index (χ4n) is 2.40. The fraction of sp³-hybridized carbons (Fsp3) is 0.571. The van der Waals surface area contributed by atoms with Crippen LogP contribution in [0.5, 0.6) is 0 Å². The van der Waals surface area contributed by atoms with Crippen LogP contribution >= 0.6 is 0 Å². The van der Waals surface area contributed by atoms with Gasteiger partial charge >= 0.3 is 0 Å². The number of likely N-dealkylation sites (tertiary alicyclic amines) is 1. The molecule has 1 aliphatic rings. The van der Waals surface area contributed by atoms with E-state index in [9.17, 15) is 0 Å². The van der Waals surface area contributed by atoms with Crippen molar-refractivity contribution in [1.82, 2.24) is 4.90 Å². The Morgan fingerprint density at radius 1 is 1.12 bits per heavy atom. The zero-order valence-corrected chi connectivity index (χ0v) is 10.6. The summed E-state index contributed by atoms with van der Waals surface area (Å²) in [7, 11) is 2.20. The van der Waals surface area contributed by atoms with Gasteiger partial charge < -0.3 is 10.2 Å². The topological polar surface area (TPSA) is 15.3 Å². The second kappa shape index (κ2) is 4.88. The van der Waals surface area contributed by atoms with E-state index in [1.807, 2.05) is 0 Å². The summed E-state index contributed by atoms with van der Waals surface area (Å²) in [5.41, 5.74) is 4.06. The molecule has 0 amide bonds. The molecule has 0 bridgehead atoms. The van der Waals surface area contributed by atoms with Crippen molar-refractivity contribution in [1.29, 1.82) is 0 Å². The summed E-state index contributed by atoms with van der Waals surface area (Å²) in [6.07, 6.45) is 2.51. The van der Waals surface area contributed by atoms with Crippen LogP contribution in [-0.2, 0) is 0 Å². The minimum Gasteiger partial charge on any atom is -0.382 e. The first kappa shape index (κ1) is 11.5. The van der Waals surface area contributed by atoms with E-state index in [1.165, 1.54) is 42.7 Å². The summed E-state index contributed by atoms with van der Waals surface area (Å²) in [6.45, 7) is 6.79. The Kier molecular flexibility index (Phi) is 3.49. The quantitative estimate of drug-likeness (QED) is 0.821. The molecule has 0 aromatic heterocycles. The first-order chi connectivity index (χ1) is 7.66.